The van der Waals surface area contributed by atoms with Crippen molar-refractivity contribution in [2.45, 2.75) is 45.3 Å². The first-order valence-corrected chi connectivity index (χ1v) is 6.81. The highest BCUT2D eigenvalue weighted by molar-refractivity contribution is 5.69. The van der Waals surface area contributed by atoms with Gasteiger partial charge in [-0.1, -0.05) is 0 Å². The molecule has 1 saturated heterocycles. The van der Waals surface area contributed by atoms with Crippen LogP contribution in [-0.2, 0) is 4.79 Å². The molecule has 1 fully saturated rings. The van der Waals surface area contributed by atoms with Crippen molar-refractivity contribution in [3.63, 3.8) is 0 Å². The second-order valence-corrected chi connectivity index (χ2v) is 5.25. The third kappa shape index (κ3) is 3.63. The van der Waals surface area contributed by atoms with Gasteiger partial charge in [0, 0.05) is 18.3 Å². The van der Waals surface area contributed by atoms with E-state index in [-0.39, 0.29) is 18.6 Å². The fourth-order valence-corrected chi connectivity index (χ4v) is 2.58. The first-order valence-electron chi connectivity index (χ1n) is 6.81. The van der Waals surface area contributed by atoms with Crippen LogP contribution in [-0.4, -0.2) is 29.8 Å². The molecule has 1 aliphatic heterocycles. The SMILES string of the molecule is CC(C)Oc1ccc(N2CCCC2CC(=O)O)cc1. The maximum atomic E-state index is 10.9. The van der Waals surface area contributed by atoms with Crippen molar-refractivity contribution in [3.8, 4) is 5.75 Å². The van der Waals surface area contributed by atoms with Crippen LogP contribution in [0.2, 0.25) is 0 Å². The van der Waals surface area contributed by atoms with Gasteiger partial charge in [-0.05, 0) is 51.0 Å². The first kappa shape index (κ1) is 13.7. The summed E-state index contributed by atoms with van der Waals surface area (Å²) < 4.78 is 5.61. The van der Waals surface area contributed by atoms with Gasteiger partial charge < -0.3 is 14.7 Å². The zero-order chi connectivity index (χ0) is 13.8. The monoisotopic (exact) mass is 263 g/mol. The Bertz CT molecular complexity index is 428. The number of anilines is 1. The van der Waals surface area contributed by atoms with Crippen LogP contribution in [0.1, 0.15) is 33.1 Å². The molecule has 0 aromatic heterocycles. The van der Waals surface area contributed by atoms with E-state index in [1.807, 2.05) is 38.1 Å². The summed E-state index contributed by atoms with van der Waals surface area (Å²) in [6, 6.07) is 8.04. The Morgan fingerprint density at radius 3 is 2.68 bits per heavy atom. The van der Waals surface area contributed by atoms with Gasteiger partial charge >= 0.3 is 5.97 Å². The normalized spacial score (nSPS) is 18.9. The molecular weight excluding hydrogens is 242 g/mol. The molecule has 1 heterocycles. The fraction of sp³-hybridized carbons (Fsp3) is 0.533. The summed E-state index contributed by atoms with van der Waals surface area (Å²) in [5.74, 6) is 0.129. The lowest BCUT2D eigenvalue weighted by molar-refractivity contribution is -0.137. The fourth-order valence-electron chi connectivity index (χ4n) is 2.58. The van der Waals surface area contributed by atoms with Crippen molar-refractivity contribution in [1.29, 1.82) is 0 Å². The van der Waals surface area contributed by atoms with Crippen LogP contribution in [0.15, 0.2) is 24.3 Å². The van der Waals surface area contributed by atoms with Gasteiger partial charge in [-0.25, -0.2) is 0 Å². The van der Waals surface area contributed by atoms with Crippen LogP contribution < -0.4 is 9.64 Å². The molecule has 4 heteroatoms. The molecule has 1 N–H and O–H groups in total. The Morgan fingerprint density at radius 1 is 1.42 bits per heavy atom. The average molecular weight is 263 g/mol. The smallest absolute Gasteiger partial charge is 0.305 e. The van der Waals surface area contributed by atoms with Crippen LogP contribution >= 0.6 is 0 Å². The van der Waals surface area contributed by atoms with Crippen molar-refractivity contribution in [3.05, 3.63) is 24.3 Å². The van der Waals surface area contributed by atoms with Crippen molar-refractivity contribution >= 4 is 11.7 Å². The number of aliphatic carboxylic acids is 1. The van der Waals surface area contributed by atoms with Crippen molar-refractivity contribution < 1.29 is 14.6 Å². The predicted octanol–water partition coefficient (Wildman–Crippen LogP) is 2.92. The van der Waals surface area contributed by atoms with E-state index in [4.69, 9.17) is 9.84 Å². The second-order valence-electron chi connectivity index (χ2n) is 5.25. The number of carboxylic acids is 1. The Balaban J connectivity index is 2.06. The summed E-state index contributed by atoms with van der Waals surface area (Å²) >= 11 is 0. The highest BCUT2D eigenvalue weighted by Crippen LogP contribution is 2.29. The number of hydrogen-bond donors (Lipinski definition) is 1. The van der Waals surface area contributed by atoms with Crippen LogP contribution in [0, 0.1) is 0 Å². The van der Waals surface area contributed by atoms with Gasteiger partial charge in [-0.2, -0.15) is 0 Å². The molecule has 1 atom stereocenters. The van der Waals surface area contributed by atoms with E-state index in [1.54, 1.807) is 0 Å². The number of carbonyl (C=O) groups is 1. The molecule has 0 amide bonds. The molecule has 19 heavy (non-hydrogen) atoms. The molecule has 0 aliphatic carbocycles. The highest BCUT2D eigenvalue weighted by atomic mass is 16.5. The van der Waals surface area contributed by atoms with E-state index >= 15 is 0 Å². The summed E-state index contributed by atoms with van der Waals surface area (Å²) in [7, 11) is 0. The Kier molecular flexibility index (Phi) is 4.30. The van der Waals surface area contributed by atoms with Gasteiger partial charge in [0.25, 0.3) is 0 Å². The summed E-state index contributed by atoms with van der Waals surface area (Å²) in [6.45, 7) is 4.93. The van der Waals surface area contributed by atoms with E-state index < -0.39 is 5.97 Å². The van der Waals surface area contributed by atoms with Gasteiger partial charge in [0.15, 0.2) is 0 Å². The highest BCUT2D eigenvalue weighted by Gasteiger charge is 2.26. The first-order chi connectivity index (χ1) is 9.06. The van der Waals surface area contributed by atoms with Crippen LogP contribution in [0.4, 0.5) is 5.69 Å². The van der Waals surface area contributed by atoms with Crippen molar-refractivity contribution in [2.24, 2.45) is 0 Å². The molecule has 0 saturated carbocycles. The van der Waals surface area contributed by atoms with Crippen LogP contribution in [0.3, 0.4) is 0 Å². The molecule has 1 aliphatic rings. The number of hydrogen-bond acceptors (Lipinski definition) is 3. The number of benzene rings is 1. The lowest BCUT2D eigenvalue weighted by atomic mass is 10.1. The molecule has 0 bridgehead atoms. The second kappa shape index (κ2) is 5.95. The number of ether oxygens (including phenoxy) is 1. The molecule has 1 aromatic carbocycles. The molecular formula is C15H21NO3. The largest absolute Gasteiger partial charge is 0.491 e. The lowest BCUT2D eigenvalue weighted by Gasteiger charge is -2.26. The predicted molar refractivity (Wildman–Crippen MR) is 74.8 cm³/mol. The summed E-state index contributed by atoms with van der Waals surface area (Å²) in [6.07, 6.45) is 2.39. The van der Waals surface area contributed by atoms with Crippen molar-refractivity contribution in [1.82, 2.24) is 0 Å². The number of rotatable bonds is 5. The molecule has 104 valence electrons. The van der Waals surface area contributed by atoms with E-state index in [0.717, 1.165) is 30.8 Å². The van der Waals surface area contributed by atoms with Gasteiger partial charge in [0.05, 0.1) is 12.5 Å². The topological polar surface area (TPSA) is 49.8 Å². The molecule has 1 unspecified atom stereocenters. The van der Waals surface area contributed by atoms with E-state index in [9.17, 15) is 4.79 Å². The van der Waals surface area contributed by atoms with E-state index in [0.29, 0.717) is 0 Å². The molecule has 2 rings (SSSR count). The minimum Gasteiger partial charge on any atom is -0.491 e. The molecule has 0 radical (unpaired) electrons. The Morgan fingerprint density at radius 2 is 2.11 bits per heavy atom. The zero-order valence-corrected chi connectivity index (χ0v) is 11.5. The lowest BCUT2D eigenvalue weighted by Crippen LogP contribution is -2.31. The maximum Gasteiger partial charge on any atom is 0.305 e. The molecule has 1 aromatic rings. The van der Waals surface area contributed by atoms with Crippen molar-refractivity contribution in [2.75, 3.05) is 11.4 Å². The molecule has 4 nitrogen and oxygen atoms in total. The number of carboxylic acid groups (broad SMARTS) is 1. The minimum absolute atomic E-state index is 0.120. The maximum absolute atomic E-state index is 10.9. The third-order valence-corrected chi connectivity index (χ3v) is 3.33. The van der Waals surface area contributed by atoms with Gasteiger partial charge in [-0.3, -0.25) is 4.79 Å². The third-order valence-electron chi connectivity index (χ3n) is 3.33. The van der Waals surface area contributed by atoms with Gasteiger partial charge in [0.2, 0.25) is 0 Å². The van der Waals surface area contributed by atoms with Crippen LogP contribution in [0.25, 0.3) is 0 Å². The quantitative estimate of drug-likeness (QED) is 0.887. The Hall–Kier alpha value is -1.71. The average Bonchev–Trinajstić information content (AvgIpc) is 2.76. The van der Waals surface area contributed by atoms with Gasteiger partial charge in [-0.15, -0.1) is 0 Å². The zero-order valence-electron chi connectivity index (χ0n) is 11.5. The van der Waals surface area contributed by atoms with Crippen LogP contribution in [0.5, 0.6) is 5.75 Å². The van der Waals surface area contributed by atoms with Gasteiger partial charge in [0.1, 0.15) is 5.75 Å². The summed E-state index contributed by atoms with van der Waals surface area (Å²) in [4.78, 5) is 13.0. The standard InChI is InChI=1S/C15H21NO3/c1-11(2)19-14-7-5-12(6-8-14)16-9-3-4-13(16)10-15(17)18/h5-8,11,13H,3-4,9-10H2,1-2H3,(H,17,18). The van der Waals surface area contributed by atoms with E-state index in [1.165, 1.54) is 0 Å². The summed E-state index contributed by atoms with van der Waals surface area (Å²) in [5.41, 5.74) is 1.08. The Labute approximate surface area is 114 Å². The summed E-state index contributed by atoms with van der Waals surface area (Å²) in [5, 5.41) is 8.94. The van der Waals surface area contributed by atoms with E-state index in [2.05, 4.69) is 4.90 Å². The number of nitrogens with zero attached hydrogens (tertiary/aromatic N) is 1. The minimum atomic E-state index is -0.725. The molecule has 0 spiro atoms.